The van der Waals surface area contributed by atoms with Gasteiger partial charge in [0.15, 0.2) is 0 Å². The summed E-state index contributed by atoms with van der Waals surface area (Å²) >= 11 is 0. The summed E-state index contributed by atoms with van der Waals surface area (Å²) < 4.78 is 10.8. The van der Waals surface area contributed by atoms with Crippen molar-refractivity contribution in [1.29, 1.82) is 0 Å². The first-order valence-electron chi connectivity index (χ1n) is 6.90. The SMILES string of the molecule is CCCC(N)C(=O)NCC(C)Oc1ccc(OC)cc1.Cl. The Labute approximate surface area is 132 Å². The number of amides is 1. The third-order valence-corrected chi connectivity index (χ3v) is 2.90. The van der Waals surface area contributed by atoms with Gasteiger partial charge in [-0.05, 0) is 37.6 Å². The van der Waals surface area contributed by atoms with Gasteiger partial charge in [0.25, 0.3) is 0 Å². The van der Waals surface area contributed by atoms with Crippen LogP contribution in [0.1, 0.15) is 26.7 Å². The van der Waals surface area contributed by atoms with Crippen LogP contribution in [0, 0.1) is 0 Å². The standard InChI is InChI=1S/C15H24N2O3.ClH/c1-4-5-14(16)15(18)17-10-11(2)20-13-8-6-12(19-3)7-9-13;/h6-9,11,14H,4-5,10,16H2,1-3H3,(H,17,18);1H. The predicted octanol–water partition coefficient (Wildman–Crippen LogP) is 2.13. The lowest BCUT2D eigenvalue weighted by Gasteiger charge is -2.17. The Kier molecular flexibility index (Phi) is 9.58. The van der Waals surface area contributed by atoms with Crippen molar-refractivity contribution in [3.8, 4) is 11.5 Å². The van der Waals surface area contributed by atoms with E-state index in [1.165, 1.54) is 0 Å². The van der Waals surface area contributed by atoms with Crippen molar-refractivity contribution >= 4 is 18.3 Å². The lowest BCUT2D eigenvalue weighted by molar-refractivity contribution is -0.122. The van der Waals surface area contributed by atoms with Gasteiger partial charge in [0, 0.05) is 0 Å². The Bertz CT molecular complexity index is 412. The maximum atomic E-state index is 11.7. The summed E-state index contributed by atoms with van der Waals surface area (Å²) in [6.07, 6.45) is 1.47. The molecule has 1 aromatic rings. The Morgan fingerprint density at radius 1 is 1.29 bits per heavy atom. The molecular formula is C15H25ClN2O3. The molecule has 0 saturated heterocycles. The number of methoxy groups -OCH3 is 1. The Hall–Kier alpha value is -1.46. The quantitative estimate of drug-likeness (QED) is 0.770. The highest BCUT2D eigenvalue weighted by molar-refractivity contribution is 5.85. The van der Waals surface area contributed by atoms with Crippen LogP contribution >= 0.6 is 12.4 Å². The van der Waals surface area contributed by atoms with Crippen molar-refractivity contribution in [2.75, 3.05) is 13.7 Å². The van der Waals surface area contributed by atoms with Crippen molar-refractivity contribution < 1.29 is 14.3 Å². The third-order valence-electron chi connectivity index (χ3n) is 2.90. The molecule has 2 atom stereocenters. The van der Waals surface area contributed by atoms with Gasteiger partial charge in [0.05, 0.1) is 19.7 Å². The number of benzene rings is 1. The molecule has 21 heavy (non-hydrogen) atoms. The van der Waals surface area contributed by atoms with Gasteiger partial charge in [-0.1, -0.05) is 13.3 Å². The average molecular weight is 317 g/mol. The summed E-state index contributed by atoms with van der Waals surface area (Å²) in [6, 6.07) is 6.89. The summed E-state index contributed by atoms with van der Waals surface area (Å²) in [4.78, 5) is 11.7. The average Bonchev–Trinajstić information content (AvgIpc) is 2.45. The van der Waals surface area contributed by atoms with Crippen LogP contribution in [0.4, 0.5) is 0 Å². The second-order valence-electron chi connectivity index (χ2n) is 4.74. The van der Waals surface area contributed by atoms with Crippen LogP contribution in [0.25, 0.3) is 0 Å². The summed E-state index contributed by atoms with van der Waals surface area (Å²) in [7, 11) is 1.62. The van der Waals surface area contributed by atoms with Gasteiger partial charge in [-0.15, -0.1) is 12.4 Å². The second kappa shape index (κ2) is 10.3. The molecule has 0 aromatic heterocycles. The molecule has 3 N–H and O–H groups in total. The summed E-state index contributed by atoms with van der Waals surface area (Å²) in [6.45, 7) is 4.33. The smallest absolute Gasteiger partial charge is 0.237 e. The van der Waals surface area contributed by atoms with Crippen LogP contribution in [-0.2, 0) is 4.79 Å². The molecule has 0 fully saturated rings. The minimum atomic E-state index is -0.437. The van der Waals surface area contributed by atoms with E-state index in [2.05, 4.69) is 5.32 Å². The monoisotopic (exact) mass is 316 g/mol. The molecule has 6 heteroatoms. The van der Waals surface area contributed by atoms with Gasteiger partial charge in [0.1, 0.15) is 17.6 Å². The number of nitrogens with two attached hydrogens (primary N) is 1. The van der Waals surface area contributed by atoms with E-state index < -0.39 is 6.04 Å². The number of hydrogen-bond acceptors (Lipinski definition) is 4. The van der Waals surface area contributed by atoms with Crippen LogP contribution in [0.2, 0.25) is 0 Å². The predicted molar refractivity (Wildman–Crippen MR) is 86.2 cm³/mol. The van der Waals surface area contributed by atoms with Crippen molar-refractivity contribution in [2.45, 2.75) is 38.8 Å². The van der Waals surface area contributed by atoms with Gasteiger partial charge in [0.2, 0.25) is 5.91 Å². The number of halogens is 1. The molecule has 0 aliphatic heterocycles. The van der Waals surface area contributed by atoms with Crippen LogP contribution in [-0.4, -0.2) is 31.7 Å². The molecule has 0 heterocycles. The van der Waals surface area contributed by atoms with Crippen molar-refractivity contribution in [2.24, 2.45) is 5.73 Å². The van der Waals surface area contributed by atoms with Gasteiger partial charge in [-0.2, -0.15) is 0 Å². The van der Waals surface area contributed by atoms with Crippen LogP contribution in [0.5, 0.6) is 11.5 Å². The molecule has 1 amide bonds. The molecule has 0 aliphatic carbocycles. The zero-order chi connectivity index (χ0) is 15.0. The highest BCUT2D eigenvalue weighted by Crippen LogP contribution is 2.17. The number of carbonyl (C=O) groups is 1. The molecule has 0 aliphatic rings. The van der Waals surface area contributed by atoms with E-state index in [0.29, 0.717) is 13.0 Å². The lowest BCUT2D eigenvalue weighted by Crippen LogP contribution is -2.43. The fourth-order valence-electron chi connectivity index (χ4n) is 1.75. The largest absolute Gasteiger partial charge is 0.497 e. The number of nitrogens with one attached hydrogen (secondary N) is 1. The number of hydrogen-bond donors (Lipinski definition) is 2. The van der Waals surface area contributed by atoms with E-state index in [1.54, 1.807) is 7.11 Å². The summed E-state index contributed by atoms with van der Waals surface area (Å²) in [5, 5.41) is 2.80. The van der Waals surface area contributed by atoms with Crippen LogP contribution < -0.4 is 20.5 Å². The van der Waals surface area contributed by atoms with E-state index in [-0.39, 0.29) is 24.4 Å². The number of rotatable bonds is 8. The topological polar surface area (TPSA) is 73.6 Å². The molecular weight excluding hydrogens is 292 g/mol. The van der Waals surface area contributed by atoms with E-state index in [9.17, 15) is 4.79 Å². The first kappa shape index (κ1) is 19.5. The minimum absolute atomic E-state index is 0. The first-order valence-corrected chi connectivity index (χ1v) is 6.90. The van der Waals surface area contributed by atoms with Gasteiger partial charge in [-0.25, -0.2) is 0 Å². The molecule has 0 saturated carbocycles. The van der Waals surface area contributed by atoms with Gasteiger partial charge >= 0.3 is 0 Å². The highest BCUT2D eigenvalue weighted by Gasteiger charge is 2.13. The third kappa shape index (κ3) is 7.20. The zero-order valence-corrected chi connectivity index (χ0v) is 13.6. The highest BCUT2D eigenvalue weighted by atomic mass is 35.5. The Morgan fingerprint density at radius 3 is 2.38 bits per heavy atom. The molecule has 0 bridgehead atoms. The van der Waals surface area contributed by atoms with E-state index >= 15 is 0 Å². The Balaban J connectivity index is 0.00000400. The molecule has 1 rings (SSSR count). The van der Waals surface area contributed by atoms with Crippen molar-refractivity contribution in [3.05, 3.63) is 24.3 Å². The maximum Gasteiger partial charge on any atom is 0.237 e. The number of ether oxygens (including phenoxy) is 2. The normalized spacial score (nSPS) is 12.8. The molecule has 5 nitrogen and oxygen atoms in total. The van der Waals surface area contributed by atoms with Gasteiger partial charge < -0.3 is 20.5 Å². The van der Waals surface area contributed by atoms with Crippen LogP contribution in [0.15, 0.2) is 24.3 Å². The molecule has 0 spiro atoms. The zero-order valence-electron chi connectivity index (χ0n) is 12.8. The van der Waals surface area contributed by atoms with Crippen molar-refractivity contribution in [3.63, 3.8) is 0 Å². The summed E-state index contributed by atoms with van der Waals surface area (Å²) in [5.74, 6) is 1.39. The second-order valence-corrected chi connectivity index (χ2v) is 4.74. The Morgan fingerprint density at radius 2 is 1.86 bits per heavy atom. The summed E-state index contributed by atoms with van der Waals surface area (Å²) in [5.41, 5.74) is 5.73. The fraction of sp³-hybridized carbons (Fsp3) is 0.533. The molecule has 1 aromatic carbocycles. The molecule has 0 radical (unpaired) electrons. The van der Waals surface area contributed by atoms with Gasteiger partial charge in [-0.3, -0.25) is 4.79 Å². The lowest BCUT2D eigenvalue weighted by atomic mass is 10.1. The number of carbonyl (C=O) groups excluding carboxylic acids is 1. The van der Waals surface area contributed by atoms with Crippen molar-refractivity contribution in [1.82, 2.24) is 5.32 Å². The van der Waals surface area contributed by atoms with E-state index in [4.69, 9.17) is 15.2 Å². The fourth-order valence-corrected chi connectivity index (χ4v) is 1.75. The van der Waals surface area contributed by atoms with E-state index in [1.807, 2.05) is 38.1 Å². The molecule has 2 unspecified atom stereocenters. The minimum Gasteiger partial charge on any atom is -0.497 e. The molecule has 120 valence electrons. The maximum absolute atomic E-state index is 11.7. The van der Waals surface area contributed by atoms with Crippen LogP contribution in [0.3, 0.4) is 0 Å². The first-order chi connectivity index (χ1) is 9.56. The van der Waals surface area contributed by atoms with E-state index in [0.717, 1.165) is 17.9 Å².